The smallest absolute Gasteiger partial charge is 0.251 e. The first-order valence-electron chi connectivity index (χ1n) is 35.7. The molecule has 8 aromatic rings. The van der Waals surface area contributed by atoms with Crippen molar-refractivity contribution >= 4 is 46.3 Å². The zero-order chi connectivity index (χ0) is 68.0. The largest absolute Gasteiger partial charge is 0.493 e. The lowest BCUT2D eigenvalue weighted by molar-refractivity contribution is -0.117. The Morgan fingerprint density at radius 1 is 0.453 bits per heavy atom. The minimum atomic E-state index is -0.323. The van der Waals surface area contributed by atoms with Crippen LogP contribution >= 0.6 is 0 Å². The summed E-state index contributed by atoms with van der Waals surface area (Å²) >= 11 is 0. The number of carbonyl (C=O) groups is 4. The highest BCUT2D eigenvalue weighted by molar-refractivity contribution is 6.01. The molecular weight excluding hydrogens is 1190 g/mol. The fraction of sp³-hybridized carbons (Fsp3) is 0.532. The van der Waals surface area contributed by atoms with E-state index in [2.05, 4.69) is 112 Å². The zero-order valence-electron chi connectivity index (χ0n) is 58.9. The lowest BCUT2D eigenvalue weighted by Gasteiger charge is -2.24. The summed E-state index contributed by atoms with van der Waals surface area (Å²) in [4.78, 5) is 52.5. The molecule has 95 heavy (non-hydrogen) atoms. The fourth-order valence-corrected chi connectivity index (χ4v) is 11.8. The Bertz CT molecular complexity index is 3630. The number of aryl methyl sites for hydroxylation is 5. The van der Waals surface area contributed by atoms with E-state index in [1.807, 2.05) is 80.7 Å². The third-order valence-electron chi connectivity index (χ3n) is 17.8. The minimum absolute atomic E-state index is 0.00146. The van der Waals surface area contributed by atoms with E-state index in [0.29, 0.717) is 90.9 Å². The molecule has 0 radical (unpaired) electrons. The van der Waals surface area contributed by atoms with Crippen molar-refractivity contribution in [2.75, 3.05) is 36.9 Å². The van der Waals surface area contributed by atoms with Gasteiger partial charge in [0, 0.05) is 76.5 Å². The molecule has 6 N–H and O–H groups in total. The molecule has 0 saturated heterocycles. The van der Waals surface area contributed by atoms with Crippen LogP contribution < -0.4 is 30.7 Å². The standard InChI is InChI=1S/C39H64N6O2.C38H46N6O4/c1-4-6-8-10-12-14-16-18-20-22-24-26-37(46)40-34-29-33(39-43-42-36-28-32(3)44-45(36)39)30-35(31-34)41-38(47)27-25-23-21-19-17-15-13-11-9-7-5-2;1-8-38(6,7)31-11-13-33(26(4)19-31)47-16-9-14-39-36(45)29-21-28(35-42-41-34-20-27(5)43-44(34)35)22-30(23-29)37(46)40-15-17-48-32-12-10-24(2)18-25(32)3/h28-31,44H,4-27H2,1-3H3,(H,40,46)(H,41,47);10-13,18-23,43H,8-9,14-17H2,1-7H3,(H,39,45)(H,40,46). The lowest BCUT2D eigenvalue weighted by atomic mass is 9.81. The molecule has 4 aromatic carbocycles. The predicted molar refractivity (Wildman–Crippen MR) is 385 cm³/mol. The lowest BCUT2D eigenvalue weighted by Crippen LogP contribution is -2.29. The summed E-state index contributed by atoms with van der Waals surface area (Å²) in [7, 11) is 0. The number of benzene rings is 4. The molecule has 4 amide bonds. The maximum Gasteiger partial charge on any atom is 0.251 e. The van der Waals surface area contributed by atoms with Crippen LogP contribution in [0.1, 0.15) is 256 Å². The number of aromatic nitrogens is 8. The molecule has 4 heterocycles. The van der Waals surface area contributed by atoms with Crippen LogP contribution in [-0.2, 0) is 15.0 Å². The number of rotatable bonds is 41. The first-order chi connectivity index (χ1) is 45.9. The summed E-state index contributed by atoms with van der Waals surface area (Å²) in [5.41, 5.74) is 11.3. The molecule has 18 heteroatoms. The molecule has 514 valence electrons. The van der Waals surface area contributed by atoms with Crippen LogP contribution in [0.5, 0.6) is 11.5 Å². The van der Waals surface area contributed by atoms with Crippen molar-refractivity contribution in [3.63, 3.8) is 0 Å². The molecule has 0 unspecified atom stereocenters. The van der Waals surface area contributed by atoms with E-state index >= 15 is 0 Å². The Morgan fingerprint density at radius 3 is 1.35 bits per heavy atom. The van der Waals surface area contributed by atoms with Gasteiger partial charge in [-0.05, 0) is 131 Å². The number of hydrogen-bond acceptors (Lipinski definition) is 10. The number of anilines is 2. The van der Waals surface area contributed by atoms with Crippen LogP contribution in [-0.4, -0.2) is 89.6 Å². The topological polar surface area (TPSA) is 227 Å². The van der Waals surface area contributed by atoms with E-state index in [1.54, 1.807) is 22.7 Å². The number of ether oxygens (including phenoxy) is 2. The molecule has 0 fully saturated rings. The highest BCUT2D eigenvalue weighted by atomic mass is 16.5. The van der Waals surface area contributed by atoms with Gasteiger partial charge >= 0.3 is 0 Å². The Kier molecular flexibility index (Phi) is 30.4. The Morgan fingerprint density at radius 2 is 0.884 bits per heavy atom. The monoisotopic (exact) mass is 1300 g/mol. The molecule has 0 aliphatic heterocycles. The Balaban J connectivity index is 0.000000269. The number of amides is 4. The number of carbonyl (C=O) groups excluding carboxylic acids is 4. The second-order valence-electron chi connectivity index (χ2n) is 26.6. The predicted octanol–water partition coefficient (Wildman–Crippen LogP) is 18.0. The van der Waals surface area contributed by atoms with Crippen LogP contribution in [0.15, 0.2) is 84.9 Å². The molecule has 0 spiro atoms. The molecule has 0 saturated carbocycles. The van der Waals surface area contributed by atoms with Crippen LogP contribution in [0.25, 0.3) is 34.1 Å². The number of aromatic amines is 2. The number of nitrogens with zero attached hydrogens (tertiary/aromatic N) is 6. The van der Waals surface area contributed by atoms with Crippen molar-refractivity contribution in [3.05, 3.63) is 130 Å². The van der Waals surface area contributed by atoms with Gasteiger partial charge in [0.15, 0.2) is 22.9 Å². The Hall–Kier alpha value is -8.28. The molecule has 0 bridgehead atoms. The number of hydrogen-bond donors (Lipinski definition) is 6. The van der Waals surface area contributed by atoms with Crippen molar-refractivity contribution in [3.8, 4) is 34.3 Å². The molecule has 0 aliphatic rings. The minimum Gasteiger partial charge on any atom is -0.493 e. The van der Waals surface area contributed by atoms with E-state index in [4.69, 9.17) is 9.47 Å². The van der Waals surface area contributed by atoms with Gasteiger partial charge in [0.05, 0.1) is 13.2 Å². The summed E-state index contributed by atoms with van der Waals surface area (Å²) in [5, 5.41) is 35.8. The summed E-state index contributed by atoms with van der Waals surface area (Å²) in [5.74, 6) is 2.14. The first-order valence-corrected chi connectivity index (χ1v) is 35.7. The molecule has 0 aliphatic carbocycles. The van der Waals surface area contributed by atoms with Gasteiger partial charge in [-0.1, -0.05) is 193 Å². The summed E-state index contributed by atoms with van der Waals surface area (Å²) in [6, 6.07) is 26.8. The highest BCUT2D eigenvalue weighted by Gasteiger charge is 2.21. The van der Waals surface area contributed by atoms with Crippen LogP contribution in [0.3, 0.4) is 0 Å². The van der Waals surface area contributed by atoms with E-state index in [0.717, 1.165) is 82.9 Å². The van der Waals surface area contributed by atoms with Crippen molar-refractivity contribution in [2.45, 2.75) is 242 Å². The fourth-order valence-electron chi connectivity index (χ4n) is 11.8. The van der Waals surface area contributed by atoms with Gasteiger partial charge in [-0.15, -0.1) is 20.4 Å². The summed E-state index contributed by atoms with van der Waals surface area (Å²) in [6.45, 7) is 22.6. The van der Waals surface area contributed by atoms with Gasteiger partial charge in [0.1, 0.15) is 18.1 Å². The molecular formula is C77H110N12O6. The number of unbranched alkanes of at least 4 members (excludes halogenated alkanes) is 20. The number of nitrogens with one attached hydrogen (secondary N) is 6. The first kappa shape index (κ1) is 74.1. The molecule has 4 aromatic heterocycles. The summed E-state index contributed by atoms with van der Waals surface area (Å²) < 4.78 is 15.5. The van der Waals surface area contributed by atoms with Crippen LogP contribution in [0, 0.1) is 34.6 Å². The van der Waals surface area contributed by atoms with Gasteiger partial charge in [-0.3, -0.25) is 29.4 Å². The zero-order valence-corrected chi connectivity index (χ0v) is 58.9. The van der Waals surface area contributed by atoms with Gasteiger partial charge < -0.3 is 30.7 Å². The molecule has 8 rings (SSSR count). The third kappa shape index (κ3) is 24.2. The van der Waals surface area contributed by atoms with Crippen LogP contribution in [0.2, 0.25) is 0 Å². The maximum absolute atomic E-state index is 13.4. The van der Waals surface area contributed by atoms with E-state index in [9.17, 15) is 19.2 Å². The second kappa shape index (κ2) is 38.9. The number of fused-ring (bicyclic) bond motifs is 2. The molecule has 0 atom stereocenters. The van der Waals surface area contributed by atoms with Gasteiger partial charge in [-0.25, -0.2) is 9.03 Å². The highest BCUT2D eigenvalue weighted by Crippen LogP contribution is 2.32. The van der Waals surface area contributed by atoms with E-state index < -0.39 is 0 Å². The van der Waals surface area contributed by atoms with Gasteiger partial charge in [-0.2, -0.15) is 0 Å². The number of H-pyrrole nitrogens is 2. The quantitative estimate of drug-likeness (QED) is 0.0199. The summed E-state index contributed by atoms with van der Waals surface area (Å²) in [6.07, 6.45) is 30.2. The second-order valence-corrected chi connectivity index (χ2v) is 26.6. The van der Waals surface area contributed by atoms with Crippen LogP contribution in [0.4, 0.5) is 11.4 Å². The Labute approximate surface area is 565 Å². The van der Waals surface area contributed by atoms with Crippen molar-refractivity contribution in [2.24, 2.45) is 0 Å². The average molecular weight is 1300 g/mol. The normalized spacial score (nSPS) is 11.4. The van der Waals surface area contributed by atoms with Gasteiger partial charge in [0.2, 0.25) is 11.8 Å². The van der Waals surface area contributed by atoms with E-state index in [1.165, 1.54) is 121 Å². The SMILES string of the molecule is CCC(C)(C)c1ccc(OCCCNC(=O)c2cc(C(=O)NCCOc3ccc(C)cc3C)cc(-c3nnc4cc(C)[nH]n34)c2)c(C)c1.CCCCCCCCCCCCCC(=O)Nc1cc(NC(=O)CCCCCCCCCCCCC)cc(-c2nnc3cc(C)[nH]n23)c1. The molecule has 18 nitrogen and oxygen atoms in total. The van der Waals surface area contributed by atoms with Crippen molar-refractivity contribution in [1.82, 2.24) is 50.3 Å². The van der Waals surface area contributed by atoms with Crippen molar-refractivity contribution < 1.29 is 28.7 Å². The van der Waals surface area contributed by atoms with E-state index in [-0.39, 0.29) is 29.0 Å². The van der Waals surface area contributed by atoms with Crippen molar-refractivity contribution in [1.29, 1.82) is 0 Å². The maximum atomic E-state index is 13.4. The third-order valence-corrected chi connectivity index (χ3v) is 17.8. The van der Waals surface area contributed by atoms with Gasteiger partial charge in [0.25, 0.3) is 11.8 Å². The average Bonchev–Trinajstić information content (AvgIpc) is 1.67.